The largest absolute Gasteiger partial charge is 0.497 e. The zero-order chi connectivity index (χ0) is 26.6. The smallest absolute Gasteiger partial charge is 0.194 e. The lowest BCUT2D eigenvalue weighted by molar-refractivity contribution is 0.0323. The lowest BCUT2D eigenvalue weighted by atomic mass is 9.74. The molecule has 4 nitrogen and oxygen atoms in total. The minimum Gasteiger partial charge on any atom is -0.497 e. The van der Waals surface area contributed by atoms with E-state index in [1.54, 1.807) is 13.3 Å². The number of alkyl halides is 1. The van der Waals surface area contributed by atoms with Gasteiger partial charge in [-0.2, -0.15) is 0 Å². The molecule has 2 aromatic carbocycles. The van der Waals surface area contributed by atoms with Crippen LogP contribution in [0.5, 0.6) is 5.75 Å². The maximum Gasteiger partial charge on any atom is 0.194 e. The van der Waals surface area contributed by atoms with Crippen LogP contribution in [0.3, 0.4) is 0 Å². The Labute approximate surface area is 219 Å². The Bertz CT molecular complexity index is 1210. The number of hydrogen-bond acceptors (Lipinski definition) is 5. The number of benzene rings is 2. The van der Waals surface area contributed by atoms with E-state index in [0.29, 0.717) is 41.3 Å². The van der Waals surface area contributed by atoms with E-state index in [2.05, 4.69) is 9.88 Å². The van der Waals surface area contributed by atoms with Crippen molar-refractivity contribution in [2.75, 3.05) is 39.1 Å². The van der Waals surface area contributed by atoms with Crippen LogP contribution in [0.25, 0.3) is 10.9 Å². The van der Waals surface area contributed by atoms with Gasteiger partial charge in [0, 0.05) is 35.4 Å². The summed E-state index contributed by atoms with van der Waals surface area (Å²) in [6.45, 7) is 4.06. The third-order valence-corrected chi connectivity index (χ3v) is 8.40. The minimum atomic E-state index is -1.46. The molecule has 1 aromatic heterocycles. The van der Waals surface area contributed by atoms with Crippen LogP contribution in [-0.4, -0.2) is 54.1 Å². The highest BCUT2D eigenvalue weighted by atomic mass is 32.2. The molecule has 9 heteroatoms. The van der Waals surface area contributed by atoms with Crippen molar-refractivity contribution >= 4 is 22.7 Å². The fraction of sp³-hybridized carbons (Fsp3) is 0.464. The minimum absolute atomic E-state index is 0.000338. The predicted octanol–water partition coefficient (Wildman–Crippen LogP) is 6.63. The van der Waals surface area contributed by atoms with Crippen molar-refractivity contribution in [2.45, 2.75) is 43.7 Å². The van der Waals surface area contributed by atoms with Crippen molar-refractivity contribution in [1.29, 1.82) is 0 Å². The van der Waals surface area contributed by atoms with Crippen LogP contribution in [-0.2, 0) is 0 Å². The summed E-state index contributed by atoms with van der Waals surface area (Å²) in [4.78, 5) is 7.00. The van der Waals surface area contributed by atoms with E-state index in [1.807, 2.05) is 25.1 Å². The number of ether oxygens (including phenoxy) is 1. The third-order valence-electron chi connectivity index (χ3n) is 7.44. The first-order valence-corrected chi connectivity index (χ1v) is 13.4. The fourth-order valence-electron chi connectivity index (χ4n) is 5.06. The van der Waals surface area contributed by atoms with E-state index in [9.17, 15) is 18.3 Å². The van der Waals surface area contributed by atoms with Crippen molar-refractivity contribution in [3.8, 4) is 5.75 Å². The highest BCUT2D eigenvalue weighted by Gasteiger charge is 2.35. The van der Waals surface area contributed by atoms with E-state index < -0.39 is 23.6 Å². The molecule has 0 aliphatic carbocycles. The molecule has 0 radical (unpaired) electrons. The number of halogens is 4. The zero-order valence-corrected chi connectivity index (χ0v) is 21.9. The Morgan fingerprint density at radius 1 is 1.14 bits per heavy atom. The molecular weight excluding hydrogens is 504 g/mol. The van der Waals surface area contributed by atoms with Gasteiger partial charge in [0.25, 0.3) is 0 Å². The van der Waals surface area contributed by atoms with Crippen LogP contribution in [0.4, 0.5) is 17.6 Å². The Balaban J connectivity index is 1.32. The number of methoxy groups -OCH3 is 1. The number of likely N-dealkylation sites (tertiary alicyclic amines) is 1. The van der Waals surface area contributed by atoms with E-state index in [-0.39, 0.29) is 12.0 Å². The third kappa shape index (κ3) is 6.38. The van der Waals surface area contributed by atoms with Crippen LogP contribution < -0.4 is 4.74 Å². The standard InChI is InChI=1S/C28H32F4N2O2S/c1-18-16-33-25-4-3-19(36-2)13-21(25)26(18)22(29)5-6-28(17-35)7-9-34(10-8-28)11-12-37-20-14-23(30)27(32)24(31)15-20/h3-4,13-16,22,35H,5-12,17H2,1-2H3/t22-/m1/s1. The molecule has 0 bridgehead atoms. The van der Waals surface area contributed by atoms with Gasteiger partial charge >= 0.3 is 0 Å². The van der Waals surface area contributed by atoms with E-state index in [1.165, 1.54) is 11.8 Å². The van der Waals surface area contributed by atoms with Gasteiger partial charge in [-0.1, -0.05) is 0 Å². The molecule has 0 saturated carbocycles. The van der Waals surface area contributed by atoms with Gasteiger partial charge in [0.15, 0.2) is 17.5 Å². The average molecular weight is 537 g/mol. The maximum atomic E-state index is 15.7. The second kappa shape index (κ2) is 12.0. The van der Waals surface area contributed by atoms with Gasteiger partial charge in [-0.05, 0) is 92.6 Å². The summed E-state index contributed by atoms with van der Waals surface area (Å²) in [6.07, 6.45) is 2.86. The van der Waals surface area contributed by atoms with Gasteiger partial charge in [0.05, 0.1) is 12.6 Å². The summed E-state index contributed by atoms with van der Waals surface area (Å²) in [5.74, 6) is -2.58. The summed E-state index contributed by atoms with van der Waals surface area (Å²) in [5.41, 5.74) is 1.80. The zero-order valence-electron chi connectivity index (χ0n) is 21.1. The molecule has 1 N–H and O–H groups in total. The van der Waals surface area contributed by atoms with Crippen molar-refractivity contribution in [2.24, 2.45) is 5.41 Å². The van der Waals surface area contributed by atoms with Crippen molar-refractivity contribution in [1.82, 2.24) is 9.88 Å². The molecule has 4 rings (SSSR count). The monoisotopic (exact) mass is 536 g/mol. The molecule has 0 amide bonds. The number of hydrogen-bond donors (Lipinski definition) is 1. The number of thioether (sulfide) groups is 1. The molecule has 200 valence electrons. The molecule has 1 saturated heterocycles. The number of pyridine rings is 1. The summed E-state index contributed by atoms with van der Waals surface area (Å²) in [5, 5.41) is 11.0. The lowest BCUT2D eigenvalue weighted by Crippen LogP contribution is -2.42. The first kappa shape index (κ1) is 27.7. The Hall–Kier alpha value is -2.36. The van der Waals surface area contributed by atoms with Crippen molar-refractivity contribution in [3.63, 3.8) is 0 Å². The summed E-state index contributed by atoms with van der Waals surface area (Å²) in [6, 6.07) is 7.48. The van der Waals surface area contributed by atoms with Crippen LogP contribution in [0, 0.1) is 29.8 Å². The Kier molecular flexibility index (Phi) is 8.98. The molecular formula is C28H32F4N2O2S. The summed E-state index contributed by atoms with van der Waals surface area (Å²) >= 11 is 1.27. The first-order valence-electron chi connectivity index (χ1n) is 12.4. The van der Waals surface area contributed by atoms with Gasteiger partial charge in [0.1, 0.15) is 11.9 Å². The molecule has 0 spiro atoms. The van der Waals surface area contributed by atoms with Gasteiger partial charge in [-0.3, -0.25) is 4.98 Å². The van der Waals surface area contributed by atoms with Crippen LogP contribution in [0.15, 0.2) is 41.4 Å². The molecule has 1 fully saturated rings. The van der Waals surface area contributed by atoms with Crippen molar-refractivity contribution < 1.29 is 27.4 Å². The molecule has 37 heavy (non-hydrogen) atoms. The number of aliphatic hydroxyl groups excluding tert-OH is 1. The molecule has 0 unspecified atom stereocenters. The molecule has 3 aromatic rings. The number of aryl methyl sites for hydroxylation is 1. The SMILES string of the molecule is COc1ccc2ncc(C)c([C@H](F)CCC3(CO)CCN(CCSc4cc(F)c(F)c(F)c4)CC3)c2c1. The lowest BCUT2D eigenvalue weighted by Gasteiger charge is -2.41. The number of rotatable bonds is 10. The van der Waals surface area contributed by atoms with Crippen LogP contribution in [0.1, 0.15) is 43.0 Å². The number of aliphatic hydroxyl groups is 1. The summed E-state index contributed by atoms with van der Waals surface area (Å²) < 4.78 is 61.0. The van der Waals surface area contributed by atoms with Gasteiger partial charge < -0.3 is 14.7 Å². The highest BCUT2D eigenvalue weighted by molar-refractivity contribution is 7.99. The summed E-state index contributed by atoms with van der Waals surface area (Å²) in [7, 11) is 1.58. The van der Waals surface area contributed by atoms with E-state index in [0.717, 1.165) is 54.5 Å². The number of fused-ring (bicyclic) bond motifs is 1. The van der Waals surface area contributed by atoms with Gasteiger partial charge in [0.2, 0.25) is 0 Å². The Morgan fingerprint density at radius 3 is 2.49 bits per heavy atom. The molecule has 1 aliphatic heterocycles. The normalized spacial score (nSPS) is 16.7. The number of piperidine rings is 1. The number of nitrogens with zero attached hydrogens (tertiary/aromatic N) is 2. The second-order valence-corrected chi connectivity index (χ2v) is 11.0. The molecule has 1 atom stereocenters. The van der Waals surface area contributed by atoms with E-state index in [4.69, 9.17) is 4.74 Å². The Morgan fingerprint density at radius 2 is 1.84 bits per heavy atom. The molecule has 1 aliphatic rings. The maximum absolute atomic E-state index is 15.7. The predicted molar refractivity (Wildman–Crippen MR) is 138 cm³/mol. The van der Waals surface area contributed by atoms with Crippen molar-refractivity contribution in [3.05, 3.63) is 65.1 Å². The topological polar surface area (TPSA) is 45.6 Å². The quantitative estimate of drug-likeness (QED) is 0.179. The first-order chi connectivity index (χ1) is 17.7. The molecule has 2 heterocycles. The highest BCUT2D eigenvalue weighted by Crippen LogP contribution is 2.41. The van der Waals surface area contributed by atoms with E-state index >= 15 is 4.39 Å². The van der Waals surface area contributed by atoms with Crippen LogP contribution >= 0.6 is 11.8 Å². The second-order valence-electron chi connectivity index (χ2n) is 9.79. The number of aromatic nitrogens is 1. The average Bonchev–Trinajstić information content (AvgIpc) is 2.90. The fourth-order valence-corrected chi connectivity index (χ4v) is 6.02. The van der Waals surface area contributed by atoms with Crippen LogP contribution in [0.2, 0.25) is 0 Å². The van der Waals surface area contributed by atoms with Gasteiger partial charge in [-0.15, -0.1) is 11.8 Å². The van der Waals surface area contributed by atoms with Gasteiger partial charge in [-0.25, -0.2) is 17.6 Å².